The summed E-state index contributed by atoms with van der Waals surface area (Å²) >= 11 is 5.45. The average Bonchev–Trinajstić information content (AvgIpc) is 2.98. The van der Waals surface area contributed by atoms with Gasteiger partial charge in [0.2, 0.25) is 0 Å². The second kappa shape index (κ2) is 8.36. The zero-order chi connectivity index (χ0) is 17.5. The fraction of sp³-hybridized carbons (Fsp3) is 0.0769. The maximum Gasteiger partial charge on any atom is 0.433 e. The lowest BCUT2D eigenvalue weighted by atomic mass is 10.3. The quantitative estimate of drug-likeness (QED) is 0.262. The number of halogens is 2. The van der Waals surface area contributed by atoms with Gasteiger partial charge >= 0.3 is 5.88 Å². The number of anilines is 1. The molecule has 2 N–H and O–H groups in total. The van der Waals surface area contributed by atoms with Crippen LogP contribution in [0.2, 0.25) is 0 Å². The van der Waals surface area contributed by atoms with Crippen molar-refractivity contribution in [3.63, 3.8) is 0 Å². The Bertz CT molecular complexity index is 750. The lowest BCUT2D eigenvalue weighted by molar-refractivity contribution is -0.402. The number of hydrazone groups is 1. The molecule has 0 amide bonds. The Morgan fingerprint density at radius 1 is 1.33 bits per heavy atom. The van der Waals surface area contributed by atoms with Crippen molar-refractivity contribution in [2.45, 2.75) is 10.7 Å². The Kier molecular flexibility index (Phi) is 6.21. The standard InChI is InChI=1S/C13H10F2N4O3S2/c14-12(15)24-10-4-1-8(2-5-10)17-13(23)18-16-7-9-3-6-11(22-9)19(20)21/h1-7,12H,(H2,17,18,23)/b16-7-. The molecule has 0 bridgehead atoms. The summed E-state index contributed by atoms with van der Waals surface area (Å²) in [7, 11) is 0. The zero-order valence-corrected chi connectivity index (χ0v) is 13.4. The van der Waals surface area contributed by atoms with Crippen molar-refractivity contribution >= 4 is 46.9 Å². The van der Waals surface area contributed by atoms with Gasteiger partial charge in [-0.3, -0.25) is 15.5 Å². The molecule has 0 fully saturated rings. The molecule has 1 aromatic heterocycles. The first-order valence-electron chi connectivity index (χ1n) is 6.33. The van der Waals surface area contributed by atoms with Gasteiger partial charge in [0.15, 0.2) is 10.9 Å². The highest BCUT2D eigenvalue weighted by atomic mass is 32.2. The molecule has 1 heterocycles. The summed E-state index contributed by atoms with van der Waals surface area (Å²) in [6.45, 7) is 0. The van der Waals surface area contributed by atoms with E-state index >= 15 is 0 Å². The summed E-state index contributed by atoms with van der Waals surface area (Å²) in [5, 5.41) is 17.2. The molecule has 1 aromatic carbocycles. The van der Waals surface area contributed by atoms with Crippen LogP contribution < -0.4 is 10.7 Å². The van der Waals surface area contributed by atoms with Crippen LogP contribution in [0.15, 0.2) is 50.8 Å². The predicted octanol–water partition coefficient (Wildman–Crippen LogP) is 3.82. The summed E-state index contributed by atoms with van der Waals surface area (Å²) in [5.41, 5.74) is 3.09. The van der Waals surface area contributed by atoms with Gasteiger partial charge in [0.05, 0.1) is 12.3 Å². The van der Waals surface area contributed by atoms with Crippen molar-refractivity contribution in [2.24, 2.45) is 5.10 Å². The number of alkyl halides is 2. The van der Waals surface area contributed by atoms with Crippen LogP contribution in [0.25, 0.3) is 0 Å². The average molecular weight is 372 g/mol. The van der Waals surface area contributed by atoms with Crippen molar-refractivity contribution in [1.82, 2.24) is 5.43 Å². The van der Waals surface area contributed by atoms with Gasteiger partial charge in [-0.2, -0.15) is 13.9 Å². The minimum Gasteiger partial charge on any atom is -0.400 e. The number of thioether (sulfide) groups is 1. The van der Waals surface area contributed by atoms with E-state index in [-0.39, 0.29) is 16.8 Å². The van der Waals surface area contributed by atoms with Gasteiger partial charge in [-0.25, -0.2) is 0 Å². The maximum absolute atomic E-state index is 12.2. The van der Waals surface area contributed by atoms with Crippen molar-refractivity contribution in [2.75, 3.05) is 5.32 Å². The molecule has 11 heteroatoms. The number of thiocarbonyl (C=S) groups is 1. The molecule has 0 unspecified atom stereocenters. The Morgan fingerprint density at radius 2 is 2.04 bits per heavy atom. The number of rotatable bonds is 6. The first kappa shape index (κ1) is 17.8. The largest absolute Gasteiger partial charge is 0.433 e. The van der Waals surface area contributed by atoms with Crippen LogP contribution in [-0.2, 0) is 0 Å². The third-order valence-corrected chi connectivity index (χ3v) is 3.40. The van der Waals surface area contributed by atoms with Gasteiger partial charge in [0, 0.05) is 10.6 Å². The third kappa shape index (κ3) is 5.59. The van der Waals surface area contributed by atoms with E-state index in [1.807, 2.05) is 0 Å². The molecular weight excluding hydrogens is 362 g/mol. The summed E-state index contributed by atoms with van der Waals surface area (Å²) in [5.74, 6) is -2.68. The highest BCUT2D eigenvalue weighted by Gasteiger charge is 2.10. The summed E-state index contributed by atoms with van der Waals surface area (Å²) in [4.78, 5) is 10.2. The van der Waals surface area contributed by atoms with Gasteiger partial charge in [0.1, 0.15) is 4.92 Å². The molecule has 126 valence electrons. The van der Waals surface area contributed by atoms with Crippen molar-refractivity contribution in [3.8, 4) is 0 Å². The molecule has 0 aliphatic heterocycles. The normalized spacial score (nSPS) is 11.0. The third-order valence-electron chi connectivity index (χ3n) is 2.49. The molecule has 0 aliphatic rings. The van der Waals surface area contributed by atoms with Gasteiger partial charge in [-0.15, -0.1) is 0 Å². The van der Waals surface area contributed by atoms with Crippen LogP contribution >= 0.6 is 24.0 Å². The van der Waals surface area contributed by atoms with Crippen LogP contribution in [0, 0.1) is 10.1 Å². The van der Waals surface area contributed by atoms with Crippen molar-refractivity contribution < 1.29 is 18.1 Å². The fourth-order valence-corrected chi connectivity index (χ4v) is 2.21. The maximum atomic E-state index is 12.2. The lowest BCUT2D eigenvalue weighted by Gasteiger charge is -2.07. The molecule has 0 aliphatic carbocycles. The monoisotopic (exact) mass is 372 g/mol. The summed E-state index contributed by atoms with van der Waals surface area (Å²) < 4.78 is 29.3. The van der Waals surface area contributed by atoms with Crippen molar-refractivity contribution in [3.05, 3.63) is 52.3 Å². The van der Waals surface area contributed by atoms with E-state index in [0.29, 0.717) is 22.3 Å². The van der Waals surface area contributed by atoms with Gasteiger partial charge in [-0.1, -0.05) is 11.8 Å². The van der Waals surface area contributed by atoms with Crippen LogP contribution in [0.5, 0.6) is 0 Å². The first-order chi connectivity index (χ1) is 11.4. The number of furan rings is 1. The topological polar surface area (TPSA) is 92.7 Å². The molecule has 0 radical (unpaired) electrons. The molecule has 2 aromatic rings. The highest BCUT2D eigenvalue weighted by Crippen LogP contribution is 2.26. The Balaban J connectivity index is 1.84. The summed E-state index contributed by atoms with van der Waals surface area (Å²) in [6.07, 6.45) is 1.23. The molecule has 0 atom stereocenters. The molecule has 0 saturated carbocycles. The van der Waals surface area contributed by atoms with Crippen LogP contribution in [0.3, 0.4) is 0 Å². The number of nitro groups is 1. The molecule has 7 nitrogen and oxygen atoms in total. The fourth-order valence-electron chi connectivity index (χ4n) is 1.54. The smallest absolute Gasteiger partial charge is 0.400 e. The van der Waals surface area contributed by atoms with E-state index < -0.39 is 10.7 Å². The number of hydrogen-bond acceptors (Lipinski definition) is 6. The van der Waals surface area contributed by atoms with Crippen LogP contribution in [-0.4, -0.2) is 22.0 Å². The molecule has 24 heavy (non-hydrogen) atoms. The summed E-state index contributed by atoms with van der Waals surface area (Å²) in [6, 6.07) is 8.85. The molecular formula is C13H10F2N4O3S2. The van der Waals surface area contributed by atoms with E-state index in [1.54, 1.807) is 12.1 Å². The van der Waals surface area contributed by atoms with E-state index in [1.165, 1.54) is 30.5 Å². The highest BCUT2D eigenvalue weighted by molar-refractivity contribution is 7.99. The molecule has 2 rings (SSSR count). The predicted molar refractivity (Wildman–Crippen MR) is 90.6 cm³/mol. The van der Waals surface area contributed by atoms with Gasteiger partial charge < -0.3 is 9.73 Å². The number of nitrogens with zero attached hydrogens (tertiary/aromatic N) is 2. The second-order valence-corrected chi connectivity index (χ2v) is 5.63. The minimum atomic E-state index is -2.47. The van der Waals surface area contributed by atoms with Crippen LogP contribution in [0.4, 0.5) is 20.4 Å². The van der Waals surface area contributed by atoms with Gasteiger partial charge in [-0.05, 0) is 42.5 Å². The second-order valence-electron chi connectivity index (χ2n) is 4.16. The van der Waals surface area contributed by atoms with E-state index in [4.69, 9.17) is 16.6 Å². The number of hydrogen-bond donors (Lipinski definition) is 2. The van der Waals surface area contributed by atoms with E-state index in [0.717, 1.165) is 0 Å². The minimum absolute atomic E-state index is 0.154. The first-order valence-corrected chi connectivity index (χ1v) is 7.62. The SMILES string of the molecule is O=[N+]([O-])c1ccc(/C=N\NC(=S)Nc2ccc(SC(F)F)cc2)o1. The lowest BCUT2D eigenvalue weighted by Crippen LogP contribution is -2.23. The Hall–Kier alpha value is -2.53. The molecule has 0 spiro atoms. The number of nitrogens with one attached hydrogen (secondary N) is 2. The Labute approximate surface area is 144 Å². The van der Waals surface area contributed by atoms with Crippen molar-refractivity contribution in [1.29, 1.82) is 0 Å². The van der Waals surface area contributed by atoms with E-state index in [9.17, 15) is 18.9 Å². The Morgan fingerprint density at radius 3 is 2.62 bits per heavy atom. The zero-order valence-electron chi connectivity index (χ0n) is 11.8. The van der Waals surface area contributed by atoms with Gasteiger partial charge in [0.25, 0.3) is 5.76 Å². The molecule has 0 saturated heterocycles. The van der Waals surface area contributed by atoms with E-state index in [2.05, 4.69) is 15.8 Å². The van der Waals surface area contributed by atoms with Crippen LogP contribution in [0.1, 0.15) is 5.76 Å². The number of benzene rings is 1.